The van der Waals surface area contributed by atoms with E-state index in [0.717, 1.165) is 12.4 Å². The number of hydrogen-bond donors (Lipinski definition) is 1. The van der Waals surface area contributed by atoms with Crippen LogP contribution in [-0.2, 0) is 0 Å². The van der Waals surface area contributed by atoms with Crippen molar-refractivity contribution in [2.24, 2.45) is 0 Å². The van der Waals surface area contributed by atoms with Crippen molar-refractivity contribution >= 4 is 5.82 Å². The second-order valence-electron chi connectivity index (χ2n) is 3.08. The summed E-state index contributed by atoms with van der Waals surface area (Å²) in [6, 6.07) is 1.89. The Labute approximate surface area is 79.6 Å². The molecule has 0 aromatic carbocycles. The molecule has 1 N–H and O–H groups in total. The third-order valence-corrected chi connectivity index (χ3v) is 1.92. The van der Waals surface area contributed by atoms with Crippen molar-refractivity contribution < 1.29 is 0 Å². The maximum Gasteiger partial charge on any atom is 0.129 e. The van der Waals surface area contributed by atoms with Crippen LogP contribution < -0.4 is 5.32 Å². The quantitative estimate of drug-likeness (QED) is 0.682. The van der Waals surface area contributed by atoms with E-state index in [-0.39, 0.29) is 0 Å². The molecule has 0 aliphatic carbocycles. The van der Waals surface area contributed by atoms with Crippen LogP contribution >= 0.6 is 0 Å². The van der Waals surface area contributed by atoms with Crippen LogP contribution in [0.3, 0.4) is 0 Å². The molecule has 1 aromatic rings. The number of unbranched alkanes of at least 4 members (excludes halogenated alkanes) is 3. The molecular formula is C10H17N3. The Kier molecular flexibility index (Phi) is 4.91. The van der Waals surface area contributed by atoms with Gasteiger partial charge in [-0.05, 0) is 12.5 Å². The van der Waals surface area contributed by atoms with E-state index in [9.17, 15) is 0 Å². The van der Waals surface area contributed by atoms with E-state index < -0.39 is 0 Å². The fourth-order valence-corrected chi connectivity index (χ4v) is 1.16. The van der Waals surface area contributed by atoms with Gasteiger partial charge in [-0.3, -0.25) is 0 Å². The van der Waals surface area contributed by atoms with Crippen LogP contribution in [0.2, 0.25) is 0 Å². The molecule has 1 rings (SSSR count). The molecule has 0 bridgehead atoms. The largest absolute Gasteiger partial charge is 0.370 e. The van der Waals surface area contributed by atoms with Gasteiger partial charge in [0.25, 0.3) is 0 Å². The molecular weight excluding hydrogens is 162 g/mol. The fraction of sp³-hybridized carbons (Fsp3) is 0.600. The minimum atomic E-state index is 0.923. The van der Waals surface area contributed by atoms with Gasteiger partial charge in [0.1, 0.15) is 12.1 Å². The van der Waals surface area contributed by atoms with Crippen molar-refractivity contribution in [3.8, 4) is 0 Å². The summed E-state index contributed by atoms with van der Waals surface area (Å²) in [7, 11) is 0. The minimum Gasteiger partial charge on any atom is -0.370 e. The lowest BCUT2D eigenvalue weighted by Crippen LogP contribution is -2.02. The zero-order valence-corrected chi connectivity index (χ0v) is 8.16. The van der Waals surface area contributed by atoms with Crippen LogP contribution in [-0.4, -0.2) is 16.5 Å². The van der Waals surface area contributed by atoms with E-state index in [0.29, 0.717) is 0 Å². The summed E-state index contributed by atoms with van der Waals surface area (Å²) in [5, 5.41) is 3.25. The molecule has 72 valence electrons. The van der Waals surface area contributed by atoms with Crippen molar-refractivity contribution in [2.75, 3.05) is 11.9 Å². The maximum absolute atomic E-state index is 4.07. The first-order chi connectivity index (χ1) is 6.43. The van der Waals surface area contributed by atoms with Crippen LogP contribution in [0.1, 0.15) is 32.6 Å². The average molecular weight is 179 g/mol. The standard InChI is InChI=1S/C10H17N3/c1-2-3-4-5-7-12-10-6-8-11-9-13-10/h6,8-9H,2-5,7H2,1H3,(H,11,12,13). The molecule has 0 spiro atoms. The molecule has 0 saturated heterocycles. The van der Waals surface area contributed by atoms with Gasteiger partial charge < -0.3 is 5.32 Å². The summed E-state index contributed by atoms with van der Waals surface area (Å²) in [6.45, 7) is 3.23. The lowest BCUT2D eigenvalue weighted by molar-refractivity contribution is 0.684. The van der Waals surface area contributed by atoms with E-state index >= 15 is 0 Å². The molecule has 3 nitrogen and oxygen atoms in total. The van der Waals surface area contributed by atoms with Crippen molar-refractivity contribution in [2.45, 2.75) is 32.6 Å². The zero-order chi connectivity index (χ0) is 9.36. The predicted molar refractivity (Wildman–Crippen MR) is 54.7 cm³/mol. The lowest BCUT2D eigenvalue weighted by Gasteiger charge is -2.03. The normalized spacial score (nSPS) is 9.92. The second kappa shape index (κ2) is 6.40. The van der Waals surface area contributed by atoms with Crippen LogP contribution in [0.4, 0.5) is 5.82 Å². The van der Waals surface area contributed by atoms with Crippen molar-refractivity contribution in [3.05, 3.63) is 18.6 Å². The first-order valence-electron chi connectivity index (χ1n) is 4.93. The number of hydrogen-bond acceptors (Lipinski definition) is 3. The van der Waals surface area contributed by atoms with Crippen molar-refractivity contribution in [3.63, 3.8) is 0 Å². The molecule has 0 amide bonds. The molecule has 1 heterocycles. The van der Waals surface area contributed by atoms with Gasteiger partial charge in [-0.15, -0.1) is 0 Å². The van der Waals surface area contributed by atoms with Crippen LogP contribution in [0.25, 0.3) is 0 Å². The third-order valence-electron chi connectivity index (χ3n) is 1.92. The van der Waals surface area contributed by atoms with Crippen LogP contribution in [0.15, 0.2) is 18.6 Å². The molecule has 0 radical (unpaired) electrons. The monoisotopic (exact) mass is 179 g/mol. The second-order valence-corrected chi connectivity index (χ2v) is 3.08. The van der Waals surface area contributed by atoms with Crippen molar-refractivity contribution in [1.82, 2.24) is 9.97 Å². The van der Waals surface area contributed by atoms with Crippen LogP contribution in [0, 0.1) is 0 Å². The van der Waals surface area contributed by atoms with Gasteiger partial charge in [-0.1, -0.05) is 26.2 Å². The SMILES string of the molecule is CCCCCCNc1ccncn1. The summed E-state index contributed by atoms with van der Waals surface area (Å²) < 4.78 is 0. The maximum atomic E-state index is 4.07. The average Bonchev–Trinajstić information content (AvgIpc) is 2.19. The van der Waals surface area contributed by atoms with Gasteiger partial charge in [0.05, 0.1) is 0 Å². The smallest absolute Gasteiger partial charge is 0.129 e. The molecule has 0 aliphatic rings. The predicted octanol–water partition coefficient (Wildman–Crippen LogP) is 2.47. The van der Waals surface area contributed by atoms with Crippen molar-refractivity contribution in [1.29, 1.82) is 0 Å². The van der Waals surface area contributed by atoms with Gasteiger partial charge in [0.2, 0.25) is 0 Å². The molecule has 0 saturated carbocycles. The summed E-state index contributed by atoms with van der Waals surface area (Å²) in [4.78, 5) is 7.93. The Morgan fingerprint density at radius 1 is 1.31 bits per heavy atom. The topological polar surface area (TPSA) is 37.8 Å². The Morgan fingerprint density at radius 2 is 2.23 bits per heavy atom. The molecule has 0 atom stereocenters. The molecule has 0 aliphatic heterocycles. The molecule has 0 unspecified atom stereocenters. The first-order valence-corrected chi connectivity index (χ1v) is 4.93. The van der Waals surface area contributed by atoms with Crippen LogP contribution in [0.5, 0.6) is 0 Å². The van der Waals surface area contributed by atoms with E-state index in [1.807, 2.05) is 6.07 Å². The molecule has 0 fully saturated rings. The third kappa shape index (κ3) is 4.45. The Hall–Kier alpha value is -1.12. The van der Waals surface area contributed by atoms with E-state index in [4.69, 9.17) is 0 Å². The summed E-state index contributed by atoms with van der Waals surface area (Å²) >= 11 is 0. The fourth-order valence-electron chi connectivity index (χ4n) is 1.16. The number of nitrogens with zero attached hydrogens (tertiary/aromatic N) is 2. The molecule has 13 heavy (non-hydrogen) atoms. The summed E-state index contributed by atoms with van der Waals surface area (Å²) in [5.74, 6) is 0.923. The summed E-state index contributed by atoms with van der Waals surface area (Å²) in [6.07, 6.45) is 8.45. The van der Waals surface area contributed by atoms with Gasteiger partial charge >= 0.3 is 0 Å². The Morgan fingerprint density at radius 3 is 2.92 bits per heavy atom. The highest BCUT2D eigenvalue weighted by molar-refractivity contribution is 5.30. The minimum absolute atomic E-state index is 0.923. The van der Waals surface area contributed by atoms with E-state index in [1.165, 1.54) is 25.7 Å². The molecule has 1 aromatic heterocycles. The summed E-state index contributed by atoms with van der Waals surface area (Å²) in [5.41, 5.74) is 0. The number of nitrogens with one attached hydrogen (secondary N) is 1. The number of rotatable bonds is 6. The highest BCUT2D eigenvalue weighted by atomic mass is 15.0. The van der Waals surface area contributed by atoms with Gasteiger partial charge in [-0.25, -0.2) is 9.97 Å². The number of aromatic nitrogens is 2. The highest BCUT2D eigenvalue weighted by Gasteiger charge is 1.90. The van der Waals surface area contributed by atoms with Gasteiger partial charge in [0, 0.05) is 12.7 Å². The Bertz CT molecular complexity index is 211. The molecule has 3 heteroatoms. The first kappa shape index (κ1) is 9.96. The lowest BCUT2D eigenvalue weighted by atomic mass is 10.2. The Balaban J connectivity index is 2.07. The highest BCUT2D eigenvalue weighted by Crippen LogP contribution is 2.01. The van der Waals surface area contributed by atoms with Gasteiger partial charge in [0.15, 0.2) is 0 Å². The van der Waals surface area contributed by atoms with E-state index in [2.05, 4.69) is 22.2 Å². The number of anilines is 1. The van der Waals surface area contributed by atoms with Gasteiger partial charge in [-0.2, -0.15) is 0 Å². The van der Waals surface area contributed by atoms with E-state index in [1.54, 1.807) is 12.5 Å². The zero-order valence-electron chi connectivity index (χ0n) is 8.16.